The van der Waals surface area contributed by atoms with Crippen LogP contribution in [-0.4, -0.2) is 29.3 Å². The lowest BCUT2D eigenvalue weighted by Crippen LogP contribution is -1.99. The van der Waals surface area contributed by atoms with Crippen molar-refractivity contribution in [1.29, 1.82) is 0 Å². The van der Waals surface area contributed by atoms with Crippen LogP contribution in [0.2, 0.25) is 0 Å². The number of halogens is 1. The van der Waals surface area contributed by atoms with Crippen molar-refractivity contribution < 1.29 is 4.39 Å². The van der Waals surface area contributed by atoms with Gasteiger partial charge in [-0.3, -0.25) is 19.4 Å². The minimum absolute atomic E-state index is 0.397. The standard InChI is InChI=1S/C17H14FN7/c1-10-5-12(13(18)7-20-10)16-17(23-14-8-21-11(2)6-22-14)24-15-9-19-3-4-25(15)16/h3-9H,1-2H3,(H,22,23). The maximum absolute atomic E-state index is 14.5. The molecule has 4 heterocycles. The first kappa shape index (κ1) is 15.1. The lowest BCUT2D eigenvalue weighted by molar-refractivity contribution is 0.623. The molecule has 0 bridgehead atoms. The molecule has 0 atom stereocenters. The van der Waals surface area contributed by atoms with E-state index in [0.717, 1.165) is 5.69 Å². The van der Waals surface area contributed by atoms with E-state index in [1.54, 1.807) is 41.5 Å². The monoisotopic (exact) mass is 335 g/mol. The van der Waals surface area contributed by atoms with Gasteiger partial charge >= 0.3 is 0 Å². The lowest BCUT2D eigenvalue weighted by atomic mass is 10.1. The molecule has 0 radical (unpaired) electrons. The molecule has 0 aromatic carbocycles. The average Bonchev–Trinajstić information content (AvgIpc) is 2.97. The predicted molar refractivity (Wildman–Crippen MR) is 91.0 cm³/mol. The summed E-state index contributed by atoms with van der Waals surface area (Å²) in [6.45, 7) is 3.67. The van der Waals surface area contributed by atoms with Gasteiger partial charge in [0.05, 0.1) is 30.5 Å². The number of nitrogens with one attached hydrogen (secondary N) is 1. The Balaban J connectivity index is 1.92. The molecule has 25 heavy (non-hydrogen) atoms. The van der Waals surface area contributed by atoms with E-state index in [0.29, 0.717) is 34.2 Å². The van der Waals surface area contributed by atoms with Crippen LogP contribution >= 0.6 is 0 Å². The molecule has 4 rings (SSSR count). The highest BCUT2D eigenvalue weighted by molar-refractivity contribution is 5.79. The number of nitrogens with zero attached hydrogens (tertiary/aromatic N) is 6. The molecule has 0 spiro atoms. The van der Waals surface area contributed by atoms with Crippen molar-refractivity contribution in [3.63, 3.8) is 0 Å². The minimum atomic E-state index is -0.428. The van der Waals surface area contributed by atoms with Crippen LogP contribution in [0.4, 0.5) is 16.0 Å². The van der Waals surface area contributed by atoms with Crippen LogP contribution in [0.5, 0.6) is 0 Å². The van der Waals surface area contributed by atoms with Gasteiger partial charge < -0.3 is 5.32 Å². The zero-order valence-electron chi connectivity index (χ0n) is 13.6. The molecule has 0 unspecified atom stereocenters. The number of fused-ring (bicyclic) bond motifs is 1. The Morgan fingerprint density at radius 2 is 1.84 bits per heavy atom. The van der Waals surface area contributed by atoms with Crippen LogP contribution in [0.15, 0.2) is 43.2 Å². The molecule has 4 aromatic heterocycles. The molecule has 1 N–H and O–H groups in total. The number of hydrogen-bond acceptors (Lipinski definition) is 6. The zero-order valence-corrected chi connectivity index (χ0v) is 13.6. The summed E-state index contributed by atoms with van der Waals surface area (Å²) < 4.78 is 16.2. The van der Waals surface area contributed by atoms with Crippen LogP contribution in [0.3, 0.4) is 0 Å². The normalized spacial score (nSPS) is 11.0. The smallest absolute Gasteiger partial charge is 0.159 e. The van der Waals surface area contributed by atoms with Crippen LogP contribution in [0, 0.1) is 19.7 Å². The quantitative estimate of drug-likeness (QED) is 0.620. The summed E-state index contributed by atoms with van der Waals surface area (Å²) >= 11 is 0. The summed E-state index contributed by atoms with van der Waals surface area (Å²) in [4.78, 5) is 21.1. The summed E-state index contributed by atoms with van der Waals surface area (Å²) in [7, 11) is 0. The SMILES string of the molecule is Cc1cnc(Nc2nc3cnccn3c2-c2cc(C)ncc2F)cn1. The van der Waals surface area contributed by atoms with Gasteiger partial charge in [0.25, 0.3) is 0 Å². The molecular weight excluding hydrogens is 321 g/mol. The Labute approximate surface area is 142 Å². The topological polar surface area (TPSA) is 80.9 Å². The van der Waals surface area contributed by atoms with E-state index in [2.05, 4.69) is 30.2 Å². The third kappa shape index (κ3) is 2.78. The van der Waals surface area contributed by atoms with Gasteiger partial charge in [-0.1, -0.05) is 0 Å². The molecular formula is C17H14FN7. The molecule has 0 saturated heterocycles. The average molecular weight is 335 g/mol. The largest absolute Gasteiger partial charge is 0.322 e. The van der Waals surface area contributed by atoms with Crippen molar-refractivity contribution in [2.75, 3.05) is 5.32 Å². The summed E-state index contributed by atoms with van der Waals surface area (Å²) in [5, 5.41) is 3.11. The maximum atomic E-state index is 14.5. The van der Waals surface area contributed by atoms with Gasteiger partial charge in [-0.05, 0) is 19.9 Å². The molecule has 7 nitrogen and oxygen atoms in total. The van der Waals surface area contributed by atoms with Gasteiger partial charge in [0, 0.05) is 23.7 Å². The van der Waals surface area contributed by atoms with Gasteiger partial charge in [-0.25, -0.2) is 14.4 Å². The third-order valence-corrected chi connectivity index (χ3v) is 3.70. The summed E-state index contributed by atoms with van der Waals surface area (Å²) in [6, 6.07) is 1.69. The molecule has 0 aliphatic carbocycles. The molecule has 8 heteroatoms. The molecule has 0 aliphatic rings. The number of hydrogen-bond donors (Lipinski definition) is 1. The number of anilines is 2. The number of pyridine rings is 1. The molecule has 0 saturated carbocycles. The van der Waals surface area contributed by atoms with E-state index < -0.39 is 5.82 Å². The number of rotatable bonds is 3. The first-order valence-electron chi connectivity index (χ1n) is 7.62. The molecule has 0 amide bonds. The first-order valence-corrected chi connectivity index (χ1v) is 7.62. The van der Waals surface area contributed by atoms with E-state index in [4.69, 9.17) is 0 Å². The molecule has 4 aromatic rings. The van der Waals surface area contributed by atoms with Gasteiger partial charge in [0.15, 0.2) is 17.3 Å². The highest BCUT2D eigenvalue weighted by atomic mass is 19.1. The molecule has 124 valence electrons. The fourth-order valence-corrected chi connectivity index (χ4v) is 2.55. The Bertz CT molecular complexity index is 1060. The van der Waals surface area contributed by atoms with Gasteiger partial charge in [0.1, 0.15) is 11.5 Å². The van der Waals surface area contributed by atoms with Crippen molar-refractivity contribution in [2.24, 2.45) is 0 Å². The van der Waals surface area contributed by atoms with Gasteiger partial charge in [-0.15, -0.1) is 0 Å². The van der Waals surface area contributed by atoms with Gasteiger partial charge in [0.2, 0.25) is 0 Å². The molecule has 0 aliphatic heterocycles. The van der Waals surface area contributed by atoms with Crippen molar-refractivity contribution >= 4 is 17.3 Å². The number of aryl methyl sites for hydroxylation is 2. The number of aromatic nitrogens is 6. The summed E-state index contributed by atoms with van der Waals surface area (Å²) in [6.07, 6.45) is 9.44. The zero-order chi connectivity index (χ0) is 17.4. The van der Waals surface area contributed by atoms with Crippen molar-refractivity contribution in [3.05, 3.63) is 60.5 Å². The van der Waals surface area contributed by atoms with Crippen LogP contribution < -0.4 is 5.32 Å². The first-order chi connectivity index (χ1) is 12.1. The Morgan fingerprint density at radius 3 is 2.64 bits per heavy atom. The van der Waals surface area contributed by atoms with E-state index in [-0.39, 0.29) is 0 Å². The fraction of sp³-hybridized carbons (Fsp3) is 0.118. The van der Waals surface area contributed by atoms with Crippen molar-refractivity contribution in [2.45, 2.75) is 13.8 Å². The highest BCUT2D eigenvalue weighted by Gasteiger charge is 2.18. The van der Waals surface area contributed by atoms with Gasteiger partial charge in [-0.2, -0.15) is 0 Å². The second-order valence-corrected chi connectivity index (χ2v) is 5.59. The van der Waals surface area contributed by atoms with Crippen LogP contribution in [0.1, 0.15) is 11.4 Å². The Hall–Kier alpha value is -3.42. The van der Waals surface area contributed by atoms with E-state index in [1.165, 1.54) is 6.20 Å². The fourth-order valence-electron chi connectivity index (χ4n) is 2.55. The van der Waals surface area contributed by atoms with E-state index >= 15 is 0 Å². The van der Waals surface area contributed by atoms with Crippen molar-refractivity contribution in [3.8, 4) is 11.3 Å². The predicted octanol–water partition coefficient (Wildman–Crippen LogP) is 3.08. The second-order valence-electron chi connectivity index (χ2n) is 5.59. The Kier molecular flexibility index (Phi) is 3.57. The highest BCUT2D eigenvalue weighted by Crippen LogP contribution is 2.32. The number of imidazole rings is 1. The van der Waals surface area contributed by atoms with Crippen molar-refractivity contribution in [1.82, 2.24) is 29.3 Å². The van der Waals surface area contributed by atoms with Crippen LogP contribution in [-0.2, 0) is 0 Å². The third-order valence-electron chi connectivity index (χ3n) is 3.70. The van der Waals surface area contributed by atoms with E-state index in [1.807, 2.05) is 13.8 Å². The lowest BCUT2D eigenvalue weighted by Gasteiger charge is -2.08. The second kappa shape index (κ2) is 5.90. The Morgan fingerprint density at radius 1 is 1.00 bits per heavy atom. The summed E-state index contributed by atoms with van der Waals surface area (Å²) in [5.74, 6) is 0.562. The summed E-state index contributed by atoms with van der Waals surface area (Å²) in [5.41, 5.74) is 3.08. The molecule has 0 fully saturated rings. The minimum Gasteiger partial charge on any atom is -0.322 e. The maximum Gasteiger partial charge on any atom is 0.159 e. The van der Waals surface area contributed by atoms with E-state index in [9.17, 15) is 4.39 Å². The van der Waals surface area contributed by atoms with Crippen LogP contribution in [0.25, 0.3) is 16.9 Å².